The van der Waals surface area contributed by atoms with E-state index in [0.717, 1.165) is 18.2 Å². The van der Waals surface area contributed by atoms with Crippen LogP contribution in [0.3, 0.4) is 0 Å². The van der Waals surface area contributed by atoms with Crippen molar-refractivity contribution in [3.63, 3.8) is 0 Å². The van der Waals surface area contributed by atoms with E-state index in [1.807, 2.05) is 11.8 Å². The molecular formula is C15H25NS. The summed E-state index contributed by atoms with van der Waals surface area (Å²) in [5.74, 6) is 1.92. The van der Waals surface area contributed by atoms with E-state index in [1.165, 1.54) is 16.9 Å². The number of thioether (sulfide) groups is 1. The zero-order chi connectivity index (χ0) is 12.7. The van der Waals surface area contributed by atoms with Gasteiger partial charge in [0, 0.05) is 16.7 Å². The molecular weight excluding hydrogens is 226 g/mol. The van der Waals surface area contributed by atoms with E-state index in [2.05, 4.69) is 57.3 Å². The Morgan fingerprint density at radius 3 is 2.35 bits per heavy atom. The van der Waals surface area contributed by atoms with Gasteiger partial charge >= 0.3 is 0 Å². The van der Waals surface area contributed by atoms with Crippen LogP contribution < -0.4 is 5.32 Å². The predicted molar refractivity (Wildman–Crippen MR) is 78.8 cm³/mol. The first-order valence-electron chi connectivity index (χ1n) is 6.54. The molecule has 1 aromatic rings. The van der Waals surface area contributed by atoms with Crippen LogP contribution in [0, 0.1) is 12.8 Å². The van der Waals surface area contributed by atoms with Gasteiger partial charge in [0.1, 0.15) is 0 Å². The van der Waals surface area contributed by atoms with Crippen LogP contribution in [0.2, 0.25) is 0 Å². The Hall–Kier alpha value is -0.470. The van der Waals surface area contributed by atoms with Gasteiger partial charge in [-0.3, -0.25) is 0 Å². The predicted octanol–water partition coefficient (Wildman–Crippen LogP) is 4.11. The standard InChI is InChI=1S/C15H25NS/c1-5-16-14(10-12(2)3)11-17-15-8-6-13(4)7-9-15/h6-9,12,14,16H,5,10-11H2,1-4H3. The van der Waals surface area contributed by atoms with Gasteiger partial charge in [0.05, 0.1) is 0 Å². The van der Waals surface area contributed by atoms with E-state index in [9.17, 15) is 0 Å². The molecule has 0 amide bonds. The third-order valence-electron chi connectivity index (χ3n) is 2.72. The van der Waals surface area contributed by atoms with E-state index < -0.39 is 0 Å². The van der Waals surface area contributed by atoms with Crippen molar-refractivity contribution in [2.24, 2.45) is 5.92 Å². The van der Waals surface area contributed by atoms with Gasteiger partial charge in [-0.2, -0.15) is 0 Å². The average molecular weight is 251 g/mol. The fourth-order valence-corrected chi connectivity index (χ4v) is 2.88. The van der Waals surface area contributed by atoms with Crippen LogP contribution in [0.5, 0.6) is 0 Å². The van der Waals surface area contributed by atoms with E-state index in [-0.39, 0.29) is 0 Å². The second-order valence-electron chi connectivity index (χ2n) is 5.01. The quantitative estimate of drug-likeness (QED) is 0.732. The minimum atomic E-state index is 0.631. The molecule has 0 aliphatic rings. The van der Waals surface area contributed by atoms with E-state index >= 15 is 0 Å². The van der Waals surface area contributed by atoms with Crippen LogP contribution in [-0.2, 0) is 0 Å². The van der Waals surface area contributed by atoms with Crippen LogP contribution in [-0.4, -0.2) is 18.3 Å². The summed E-state index contributed by atoms with van der Waals surface area (Å²) in [5, 5.41) is 3.57. The molecule has 0 aromatic heterocycles. The minimum Gasteiger partial charge on any atom is -0.313 e. The van der Waals surface area contributed by atoms with Gasteiger partial charge in [0.25, 0.3) is 0 Å². The van der Waals surface area contributed by atoms with Gasteiger partial charge in [-0.05, 0) is 37.9 Å². The molecule has 0 aliphatic heterocycles. The number of benzene rings is 1. The molecule has 0 aliphatic carbocycles. The summed E-state index contributed by atoms with van der Waals surface area (Å²) in [5.41, 5.74) is 1.33. The van der Waals surface area contributed by atoms with Gasteiger partial charge in [-0.15, -0.1) is 11.8 Å². The lowest BCUT2D eigenvalue weighted by molar-refractivity contribution is 0.456. The highest BCUT2D eigenvalue weighted by atomic mass is 32.2. The van der Waals surface area contributed by atoms with Crippen molar-refractivity contribution in [1.82, 2.24) is 5.32 Å². The van der Waals surface area contributed by atoms with Gasteiger partial charge in [0.15, 0.2) is 0 Å². The molecule has 0 saturated carbocycles. The molecule has 0 fully saturated rings. The Bertz CT molecular complexity index is 305. The topological polar surface area (TPSA) is 12.0 Å². The minimum absolute atomic E-state index is 0.631. The molecule has 0 bridgehead atoms. The number of hydrogen-bond donors (Lipinski definition) is 1. The maximum absolute atomic E-state index is 3.57. The summed E-state index contributed by atoms with van der Waals surface area (Å²) in [6, 6.07) is 9.45. The van der Waals surface area contributed by atoms with E-state index in [1.54, 1.807) is 0 Å². The third-order valence-corrected chi connectivity index (χ3v) is 3.90. The monoisotopic (exact) mass is 251 g/mol. The number of hydrogen-bond acceptors (Lipinski definition) is 2. The Morgan fingerprint density at radius 2 is 1.82 bits per heavy atom. The lowest BCUT2D eigenvalue weighted by Gasteiger charge is -2.19. The molecule has 1 N–H and O–H groups in total. The van der Waals surface area contributed by atoms with Gasteiger partial charge < -0.3 is 5.32 Å². The summed E-state index contributed by atoms with van der Waals surface area (Å²) in [7, 11) is 0. The van der Waals surface area contributed by atoms with Crippen LogP contribution in [0.25, 0.3) is 0 Å². The van der Waals surface area contributed by atoms with Crippen molar-refractivity contribution < 1.29 is 0 Å². The summed E-state index contributed by atoms with van der Waals surface area (Å²) in [4.78, 5) is 1.38. The van der Waals surface area contributed by atoms with E-state index in [0.29, 0.717) is 6.04 Å². The first-order valence-corrected chi connectivity index (χ1v) is 7.53. The molecule has 1 atom stereocenters. The maximum atomic E-state index is 3.57. The lowest BCUT2D eigenvalue weighted by atomic mass is 10.1. The van der Waals surface area contributed by atoms with Crippen LogP contribution >= 0.6 is 11.8 Å². The molecule has 0 spiro atoms. The van der Waals surface area contributed by atoms with Gasteiger partial charge in [-0.25, -0.2) is 0 Å². The first kappa shape index (κ1) is 14.6. The highest BCUT2D eigenvalue weighted by molar-refractivity contribution is 7.99. The zero-order valence-corrected chi connectivity index (χ0v) is 12.3. The molecule has 1 unspecified atom stereocenters. The Morgan fingerprint density at radius 1 is 1.18 bits per heavy atom. The SMILES string of the molecule is CCNC(CSc1ccc(C)cc1)CC(C)C. The molecule has 1 rings (SSSR count). The second kappa shape index (κ2) is 7.78. The molecule has 17 heavy (non-hydrogen) atoms. The number of aryl methyl sites for hydroxylation is 1. The third kappa shape index (κ3) is 6.13. The fourth-order valence-electron chi connectivity index (χ4n) is 1.90. The van der Waals surface area contributed by atoms with Crippen LogP contribution in [0.15, 0.2) is 29.2 Å². The maximum Gasteiger partial charge on any atom is 0.0164 e. The Balaban J connectivity index is 2.42. The Kier molecular flexibility index (Phi) is 6.68. The van der Waals surface area contributed by atoms with Gasteiger partial charge in [-0.1, -0.05) is 38.5 Å². The fraction of sp³-hybridized carbons (Fsp3) is 0.600. The van der Waals surface area contributed by atoms with Crippen molar-refractivity contribution in [2.75, 3.05) is 12.3 Å². The molecule has 96 valence electrons. The first-order chi connectivity index (χ1) is 8.11. The van der Waals surface area contributed by atoms with E-state index in [4.69, 9.17) is 0 Å². The van der Waals surface area contributed by atoms with Crippen molar-refractivity contribution in [3.05, 3.63) is 29.8 Å². The van der Waals surface area contributed by atoms with Crippen LogP contribution in [0.1, 0.15) is 32.8 Å². The average Bonchev–Trinajstić information content (AvgIpc) is 2.27. The Labute approximate surface area is 110 Å². The van der Waals surface area contributed by atoms with Gasteiger partial charge in [0.2, 0.25) is 0 Å². The summed E-state index contributed by atoms with van der Waals surface area (Å²) in [6.45, 7) is 9.96. The highest BCUT2D eigenvalue weighted by Gasteiger charge is 2.09. The second-order valence-corrected chi connectivity index (χ2v) is 6.10. The lowest BCUT2D eigenvalue weighted by Crippen LogP contribution is -2.32. The van der Waals surface area contributed by atoms with Crippen molar-refractivity contribution in [2.45, 2.75) is 45.1 Å². The summed E-state index contributed by atoms with van der Waals surface area (Å²) in [6.07, 6.45) is 1.26. The molecule has 2 heteroatoms. The molecule has 0 radical (unpaired) electrons. The smallest absolute Gasteiger partial charge is 0.0164 e. The molecule has 1 aromatic carbocycles. The highest BCUT2D eigenvalue weighted by Crippen LogP contribution is 2.21. The van der Waals surface area contributed by atoms with Crippen molar-refractivity contribution >= 4 is 11.8 Å². The normalized spacial score (nSPS) is 13.0. The van der Waals surface area contributed by atoms with Crippen molar-refractivity contribution in [3.8, 4) is 0 Å². The van der Waals surface area contributed by atoms with Crippen molar-refractivity contribution in [1.29, 1.82) is 0 Å². The molecule has 0 saturated heterocycles. The zero-order valence-electron chi connectivity index (χ0n) is 11.5. The number of nitrogens with one attached hydrogen (secondary N) is 1. The molecule has 0 heterocycles. The summed E-state index contributed by atoms with van der Waals surface area (Å²) >= 11 is 1.96. The number of rotatable bonds is 7. The summed E-state index contributed by atoms with van der Waals surface area (Å²) < 4.78 is 0. The largest absolute Gasteiger partial charge is 0.313 e. The van der Waals surface area contributed by atoms with Crippen LogP contribution in [0.4, 0.5) is 0 Å². The molecule has 1 nitrogen and oxygen atoms in total.